The van der Waals surface area contributed by atoms with E-state index in [-0.39, 0.29) is 5.91 Å². The molecule has 118 valence electrons. The number of hydrogen-bond acceptors (Lipinski definition) is 3. The molecular weight excluding hydrogens is 300 g/mol. The maximum atomic E-state index is 12.7. The Hall–Kier alpha value is -3.14. The highest BCUT2D eigenvalue weighted by Gasteiger charge is 2.18. The summed E-state index contributed by atoms with van der Waals surface area (Å²) < 4.78 is 5.79. The highest BCUT2D eigenvalue weighted by Crippen LogP contribution is 2.28. The van der Waals surface area contributed by atoms with Crippen LogP contribution in [0.2, 0.25) is 0 Å². The first-order chi connectivity index (χ1) is 11.6. The number of pyridine rings is 1. The van der Waals surface area contributed by atoms with Gasteiger partial charge < -0.3 is 9.73 Å². The van der Waals surface area contributed by atoms with Crippen molar-refractivity contribution in [2.24, 2.45) is 0 Å². The van der Waals surface area contributed by atoms with Gasteiger partial charge in [0.25, 0.3) is 5.91 Å². The van der Waals surface area contributed by atoms with Crippen LogP contribution in [0.3, 0.4) is 0 Å². The molecule has 0 radical (unpaired) electrons. The van der Waals surface area contributed by atoms with Gasteiger partial charge in [0.1, 0.15) is 5.58 Å². The summed E-state index contributed by atoms with van der Waals surface area (Å²) >= 11 is 0. The molecule has 0 aliphatic carbocycles. The summed E-state index contributed by atoms with van der Waals surface area (Å²) in [4.78, 5) is 17.1. The van der Waals surface area contributed by atoms with Crippen LogP contribution in [0.5, 0.6) is 0 Å². The molecule has 4 nitrogen and oxygen atoms in total. The molecule has 0 bridgehead atoms. The van der Waals surface area contributed by atoms with Crippen LogP contribution < -0.4 is 5.32 Å². The van der Waals surface area contributed by atoms with Gasteiger partial charge in [-0.3, -0.25) is 9.78 Å². The van der Waals surface area contributed by atoms with Gasteiger partial charge in [-0.05, 0) is 37.6 Å². The van der Waals surface area contributed by atoms with E-state index in [0.717, 1.165) is 33.0 Å². The van der Waals surface area contributed by atoms with Crippen LogP contribution >= 0.6 is 0 Å². The number of nitrogens with zero attached hydrogens (tertiary/aromatic N) is 1. The summed E-state index contributed by atoms with van der Waals surface area (Å²) in [6.45, 7) is 3.90. The third-order valence-electron chi connectivity index (χ3n) is 4.18. The molecule has 1 N–H and O–H groups in total. The zero-order chi connectivity index (χ0) is 16.7. The molecule has 0 aliphatic rings. The number of para-hydroxylation sites is 1. The van der Waals surface area contributed by atoms with Gasteiger partial charge in [-0.15, -0.1) is 0 Å². The zero-order valence-electron chi connectivity index (χ0n) is 13.5. The number of carbonyl (C=O) groups excluding carboxylic acids is 1. The Bertz CT molecular complexity index is 1070. The molecular formula is C20H16N2O2. The monoisotopic (exact) mass is 316 g/mol. The lowest BCUT2D eigenvalue weighted by atomic mass is 10.1. The fraction of sp³-hybridized carbons (Fsp3) is 0.100. The predicted octanol–water partition coefficient (Wildman–Crippen LogP) is 4.85. The topological polar surface area (TPSA) is 55.1 Å². The number of furan rings is 1. The number of rotatable bonds is 2. The lowest BCUT2D eigenvalue weighted by Gasteiger charge is -2.07. The molecule has 24 heavy (non-hydrogen) atoms. The fourth-order valence-electron chi connectivity index (χ4n) is 2.93. The molecule has 4 aromatic rings. The maximum Gasteiger partial charge on any atom is 0.291 e. The van der Waals surface area contributed by atoms with Gasteiger partial charge in [-0.25, -0.2) is 0 Å². The molecule has 4 rings (SSSR count). The van der Waals surface area contributed by atoms with Gasteiger partial charge >= 0.3 is 0 Å². The smallest absolute Gasteiger partial charge is 0.291 e. The predicted molar refractivity (Wildman–Crippen MR) is 95.4 cm³/mol. The fourth-order valence-corrected chi connectivity index (χ4v) is 2.93. The number of anilines is 1. The van der Waals surface area contributed by atoms with E-state index < -0.39 is 0 Å². The number of aryl methyl sites for hydroxylation is 2. The first kappa shape index (κ1) is 14.5. The molecule has 4 heteroatoms. The van der Waals surface area contributed by atoms with E-state index in [9.17, 15) is 4.79 Å². The number of carbonyl (C=O) groups is 1. The number of fused-ring (bicyclic) bond motifs is 2. The van der Waals surface area contributed by atoms with Gasteiger partial charge in [-0.1, -0.05) is 30.3 Å². The zero-order valence-corrected chi connectivity index (χ0v) is 13.5. The van der Waals surface area contributed by atoms with E-state index in [0.29, 0.717) is 11.4 Å². The summed E-state index contributed by atoms with van der Waals surface area (Å²) in [5.41, 5.74) is 4.11. The Morgan fingerprint density at radius 3 is 2.79 bits per heavy atom. The van der Waals surface area contributed by atoms with Crippen LogP contribution in [-0.4, -0.2) is 10.9 Å². The van der Waals surface area contributed by atoms with Gasteiger partial charge in [0.2, 0.25) is 0 Å². The second kappa shape index (κ2) is 5.49. The van der Waals surface area contributed by atoms with E-state index in [1.54, 1.807) is 6.20 Å². The van der Waals surface area contributed by atoms with Crippen LogP contribution in [0, 0.1) is 13.8 Å². The van der Waals surface area contributed by atoms with Crippen molar-refractivity contribution in [2.45, 2.75) is 13.8 Å². The van der Waals surface area contributed by atoms with Crippen molar-refractivity contribution in [2.75, 3.05) is 5.32 Å². The Labute approximate surface area is 139 Å². The SMILES string of the molecule is Cc1ccc2c(C)c(C(=O)Nc3cccc4cccnc34)oc2c1. The molecule has 0 unspecified atom stereocenters. The Kier molecular flexibility index (Phi) is 3.31. The van der Waals surface area contributed by atoms with Crippen molar-refractivity contribution in [1.82, 2.24) is 4.98 Å². The molecule has 0 saturated carbocycles. The quantitative estimate of drug-likeness (QED) is 0.575. The highest BCUT2D eigenvalue weighted by molar-refractivity contribution is 6.09. The van der Waals surface area contributed by atoms with Crippen molar-refractivity contribution in [3.05, 3.63) is 71.6 Å². The molecule has 0 fully saturated rings. The Morgan fingerprint density at radius 1 is 1.08 bits per heavy atom. The van der Waals surface area contributed by atoms with Crippen LogP contribution in [0.1, 0.15) is 21.7 Å². The third kappa shape index (κ3) is 2.33. The van der Waals surface area contributed by atoms with E-state index in [4.69, 9.17) is 4.42 Å². The largest absolute Gasteiger partial charge is 0.451 e. The molecule has 2 heterocycles. The van der Waals surface area contributed by atoms with Crippen molar-refractivity contribution in [1.29, 1.82) is 0 Å². The van der Waals surface area contributed by atoms with Crippen LogP contribution in [0.4, 0.5) is 5.69 Å². The van der Waals surface area contributed by atoms with Gasteiger partial charge in [0.05, 0.1) is 11.2 Å². The summed E-state index contributed by atoms with van der Waals surface area (Å²) in [5.74, 6) is 0.0723. The minimum Gasteiger partial charge on any atom is -0.451 e. The van der Waals surface area contributed by atoms with Gasteiger partial charge in [0.15, 0.2) is 5.76 Å². The first-order valence-electron chi connectivity index (χ1n) is 7.78. The van der Waals surface area contributed by atoms with E-state index in [1.165, 1.54) is 0 Å². The van der Waals surface area contributed by atoms with Crippen molar-refractivity contribution < 1.29 is 9.21 Å². The standard InChI is InChI=1S/C20H16N2O2/c1-12-8-9-15-13(2)19(24-17(15)11-12)20(23)22-16-7-3-5-14-6-4-10-21-18(14)16/h3-11H,1-2H3,(H,22,23). The molecule has 0 aliphatic heterocycles. The number of amides is 1. The van der Waals surface area contributed by atoms with Crippen molar-refractivity contribution in [3.8, 4) is 0 Å². The maximum absolute atomic E-state index is 12.7. The Balaban J connectivity index is 1.75. The minimum absolute atomic E-state index is 0.264. The summed E-state index contributed by atoms with van der Waals surface area (Å²) in [6.07, 6.45) is 1.72. The van der Waals surface area contributed by atoms with Crippen LogP contribution in [0.25, 0.3) is 21.9 Å². The molecule has 1 amide bonds. The lowest BCUT2D eigenvalue weighted by Crippen LogP contribution is -2.12. The molecule has 0 atom stereocenters. The van der Waals surface area contributed by atoms with Gasteiger partial charge in [0, 0.05) is 22.5 Å². The second-order valence-electron chi connectivity index (χ2n) is 5.89. The lowest BCUT2D eigenvalue weighted by molar-refractivity contribution is 0.0998. The van der Waals surface area contributed by atoms with E-state index in [1.807, 2.05) is 62.4 Å². The summed E-state index contributed by atoms with van der Waals surface area (Å²) in [6, 6.07) is 15.5. The summed E-state index contributed by atoms with van der Waals surface area (Å²) in [5, 5.41) is 4.86. The van der Waals surface area contributed by atoms with Crippen LogP contribution in [-0.2, 0) is 0 Å². The third-order valence-corrected chi connectivity index (χ3v) is 4.18. The normalized spacial score (nSPS) is 11.1. The number of nitrogens with one attached hydrogen (secondary N) is 1. The molecule has 2 aromatic carbocycles. The highest BCUT2D eigenvalue weighted by atomic mass is 16.3. The Morgan fingerprint density at radius 2 is 1.92 bits per heavy atom. The molecule has 0 saturated heterocycles. The van der Waals surface area contributed by atoms with Crippen LogP contribution in [0.15, 0.2) is 59.1 Å². The minimum atomic E-state index is -0.264. The molecule has 0 spiro atoms. The number of aromatic nitrogens is 1. The average Bonchev–Trinajstić information content (AvgIpc) is 2.91. The number of hydrogen-bond donors (Lipinski definition) is 1. The average molecular weight is 316 g/mol. The van der Waals surface area contributed by atoms with E-state index >= 15 is 0 Å². The van der Waals surface area contributed by atoms with Crippen molar-refractivity contribution in [3.63, 3.8) is 0 Å². The first-order valence-corrected chi connectivity index (χ1v) is 7.78. The number of benzene rings is 2. The van der Waals surface area contributed by atoms with Gasteiger partial charge in [-0.2, -0.15) is 0 Å². The van der Waals surface area contributed by atoms with E-state index in [2.05, 4.69) is 10.3 Å². The van der Waals surface area contributed by atoms with Crippen molar-refractivity contribution >= 4 is 33.5 Å². The molecule has 2 aromatic heterocycles. The summed E-state index contributed by atoms with van der Waals surface area (Å²) in [7, 11) is 0. The second-order valence-corrected chi connectivity index (χ2v) is 5.89.